The van der Waals surface area contributed by atoms with Gasteiger partial charge in [0.1, 0.15) is 0 Å². The number of alkyl halides is 3. The van der Waals surface area contributed by atoms with Gasteiger partial charge in [0.25, 0.3) is 0 Å². The summed E-state index contributed by atoms with van der Waals surface area (Å²) in [5.74, 6) is -0.0472. The number of rotatable bonds is 1. The fraction of sp³-hybridized carbons (Fsp3) is 0.833. The number of halogens is 3. The third-order valence-corrected chi connectivity index (χ3v) is 2.81. The molecule has 1 amide bonds. The van der Waals surface area contributed by atoms with E-state index in [1.807, 2.05) is 20.8 Å². The average molecular weight is 298 g/mol. The quantitative estimate of drug-likeness (QED) is 0.698. The first kappa shape index (κ1) is 18.9. The summed E-state index contributed by atoms with van der Waals surface area (Å²) >= 11 is 0. The predicted octanol–water partition coefficient (Wildman–Crippen LogP) is 0.701. The fourth-order valence-electron chi connectivity index (χ4n) is 1.51. The van der Waals surface area contributed by atoms with Gasteiger partial charge in [-0.1, -0.05) is 20.8 Å². The fourth-order valence-corrected chi connectivity index (χ4v) is 1.51. The third kappa shape index (κ3) is 6.85. The molecule has 8 heteroatoms. The van der Waals surface area contributed by atoms with Crippen LogP contribution in [0.4, 0.5) is 13.2 Å². The van der Waals surface area contributed by atoms with E-state index >= 15 is 0 Å². The average Bonchev–Trinajstić information content (AvgIpc) is 2.72. The molecule has 0 aromatic rings. The van der Waals surface area contributed by atoms with Crippen LogP contribution in [0.15, 0.2) is 0 Å². The van der Waals surface area contributed by atoms with Crippen molar-refractivity contribution in [1.29, 1.82) is 0 Å². The van der Waals surface area contributed by atoms with Crippen LogP contribution in [0.25, 0.3) is 0 Å². The zero-order chi connectivity index (χ0) is 16.1. The molecule has 1 saturated heterocycles. The van der Waals surface area contributed by atoms with Gasteiger partial charge >= 0.3 is 6.18 Å². The van der Waals surface area contributed by atoms with Crippen LogP contribution in [-0.4, -0.2) is 53.6 Å². The summed E-state index contributed by atoms with van der Waals surface area (Å²) in [5.41, 5.74) is 5.63. The Morgan fingerprint density at radius 3 is 2.10 bits per heavy atom. The van der Waals surface area contributed by atoms with E-state index in [1.54, 1.807) is 4.90 Å². The second kappa shape index (κ2) is 7.03. The number of nitrogens with zero attached hydrogens (tertiary/aromatic N) is 1. The van der Waals surface area contributed by atoms with Crippen LogP contribution < -0.4 is 5.73 Å². The number of hydrogen-bond acceptors (Lipinski definition) is 4. The lowest BCUT2D eigenvalue weighted by Gasteiger charge is -2.29. The Bertz CT molecular complexity index is 340. The van der Waals surface area contributed by atoms with E-state index in [9.17, 15) is 23.1 Å². The van der Waals surface area contributed by atoms with E-state index in [0.717, 1.165) is 0 Å². The van der Waals surface area contributed by atoms with Gasteiger partial charge in [0.05, 0.1) is 12.1 Å². The van der Waals surface area contributed by atoms with Gasteiger partial charge in [-0.2, -0.15) is 13.2 Å². The number of aliphatic hydroxyl groups is 1. The van der Waals surface area contributed by atoms with Crippen LogP contribution in [0.5, 0.6) is 0 Å². The lowest BCUT2D eigenvalue weighted by atomic mass is 9.86. The molecular weight excluding hydrogens is 277 g/mol. The van der Waals surface area contributed by atoms with Crippen molar-refractivity contribution in [2.45, 2.75) is 45.5 Å². The predicted molar refractivity (Wildman–Crippen MR) is 66.8 cm³/mol. The van der Waals surface area contributed by atoms with E-state index in [2.05, 4.69) is 0 Å². The SMILES string of the molecule is CC(C)(C)[C@H](N)C(=O)N1CC[C@@H](O)C1.O=CC(F)(F)F. The summed E-state index contributed by atoms with van der Waals surface area (Å²) in [5, 5.41) is 9.30. The molecule has 2 atom stereocenters. The topological polar surface area (TPSA) is 83.6 Å². The molecule has 0 unspecified atom stereocenters. The highest BCUT2D eigenvalue weighted by Gasteiger charge is 2.34. The summed E-state index contributed by atoms with van der Waals surface area (Å²) in [6.45, 7) is 6.90. The van der Waals surface area contributed by atoms with E-state index in [1.165, 1.54) is 0 Å². The molecule has 118 valence electrons. The molecule has 20 heavy (non-hydrogen) atoms. The van der Waals surface area contributed by atoms with Gasteiger partial charge in [-0.3, -0.25) is 9.59 Å². The van der Waals surface area contributed by atoms with Gasteiger partial charge in [0.15, 0.2) is 0 Å². The lowest BCUT2D eigenvalue weighted by Crippen LogP contribution is -2.49. The number of likely N-dealkylation sites (tertiary alicyclic amines) is 1. The molecule has 0 aliphatic carbocycles. The van der Waals surface area contributed by atoms with Crippen molar-refractivity contribution in [2.75, 3.05) is 13.1 Å². The summed E-state index contributed by atoms with van der Waals surface area (Å²) in [7, 11) is 0. The highest BCUT2D eigenvalue weighted by molar-refractivity contribution is 5.82. The molecule has 1 aliphatic rings. The number of amides is 1. The number of hydrogen-bond donors (Lipinski definition) is 2. The minimum Gasteiger partial charge on any atom is -0.391 e. The summed E-state index contributed by atoms with van der Waals surface area (Å²) in [6.07, 6.45) is -5.40. The van der Waals surface area contributed by atoms with E-state index in [4.69, 9.17) is 10.5 Å². The minimum absolute atomic E-state index is 0.0472. The van der Waals surface area contributed by atoms with Crippen molar-refractivity contribution in [3.8, 4) is 0 Å². The second-order valence-corrected chi connectivity index (χ2v) is 5.73. The number of carbonyl (C=O) groups excluding carboxylic acids is 2. The maximum Gasteiger partial charge on any atom is 0.446 e. The van der Waals surface area contributed by atoms with Crippen molar-refractivity contribution in [2.24, 2.45) is 11.1 Å². The number of carbonyl (C=O) groups is 2. The molecule has 0 aromatic heterocycles. The maximum atomic E-state index is 11.8. The summed E-state index contributed by atoms with van der Waals surface area (Å²) < 4.78 is 31.2. The van der Waals surface area contributed by atoms with Crippen LogP contribution in [0.1, 0.15) is 27.2 Å². The molecule has 5 nitrogen and oxygen atoms in total. The Kier molecular flexibility index (Phi) is 6.63. The first-order valence-electron chi connectivity index (χ1n) is 6.14. The Balaban J connectivity index is 0.000000511. The Labute approximate surface area is 115 Å². The standard InChI is InChI=1S/C10H20N2O2.C2HF3O/c1-10(2,3)8(11)9(14)12-5-4-7(13)6-12;3-2(4,5)1-6/h7-8,13H,4-6,11H2,1-3H3;1H/t7-,8-;/m1./s1. The van der Waals surface area contributed by atoms with Crippen LogP contribution in [0.3, 0.4) is 0 Å². The first-order valence-corrected chi connectivity index (χ1v) is 6.14. The van der Waals surface area contributed by atoms with Crippen LogP contribution in [-0.2, 0) is 9.59 Å². The van der Waals surface area contributed by atoms with Gasteiger partial charge < -0.3 is 15.7 Å². The van der Waals surface area contributed by atoms with Gasteiger partial charge in [0.2, 0.25) is 12.2 Å². The van der Waals surface area contributed by atoms with Crippen molar-refractivity contribution >= 4 is 12.2 Å². The monoisotopic (exact) mass is 298 g/mol. The first-order chi connectivity index (χ1) is 8.88. The molecule has 1 fully saturated rings. The number of β-amino-alcohol motifs (C(OH)–C–C–N with tert-alkyl or cyclic N) is 1. The highest BCUT2D eigenvalue weighted by atomic mass is 19.4. The van der Waals surface area contributed by atoms with E-state index in [0.29, 0.717) is 19.5 Å². The van der Waals surface area contributed by atoms with Gasteiger partial charge in [-0.15, -0.1) is 0 Å². The smallest absolute Gasteiger partial charge is 0.391 e. The normalized spacial score (nSPS) is 21.0. The van der Waals surface area contributed by atoms with Crippen molar-refractivity contribution < 1.29 is 27.9 Å². The zero-order valence-corrected chi connectivity index (χ0v) is 11.8. The Morgan fingerprint density at radius 1 is 1.40 bits per heavy atom. The van der Waals surface area contributed by atoms with Crippen LogP contribution >= 0.6 is 0 Å². The van der Waals surface area contributed by atoms with Gasteiger partial charge in [0, 0.05) is 13.1 Å². The number of aliphatic hydroxyl groups excluding tert-OH is 1. The molecule has 0 radical (unpaired) electrons. The summed E-state index contributed by atoms with van der Waals surface area (Å²) in [4.78, 5) is 22.2. The zero-order valence-electron chi connectivity index (χ0n) is 11.8. The van der Waals surface area contributed by atoms with Gasteiger partial charge in [-0.05, 0) is 11.8 Å². The van der Waals surface area contributed by atoms with Crippen molar-refractivity contribution in [3.63, 3.8) is 0 Å². The number of aldehydes is 1. The molecule has 1 aliphatic heterocycles. The Hall–Kier alpha value is -1.15. The Morgan fingerprint density at radius 2 is 1.85 bits per heavy atom. The molecular formula is C12H21F3N2O3. The number of nitrogens with two attached hydrogens (primary N) is 1. The van der Waals surface area contributed by atoms with Crippen LogP contribution in [0, 0.1) is 5.41 Å². The molecule has 0 saturated carbocycles. The molecule has 0 spiro atoms. The highest BCUT2D eigenvalue weighted by Crippen LogP contribution is 2.21. The van der Waals surface area contributed by atoms with E-state index in [-0.39, 0.29) is 17.4 Å². The summed E-state index contributed by atoms with van der Waals surface area (Å²) in [6, 6.07) is -0.479. The molecule has 0 aromatic carbocycles. The maximum absolute atomic E-state index is 11.8. The molecule has 0 bridgehead atoms. The second-order valence-electron chi connectivity index (χ2n) is 5.73. The minimum atomic E-state index is -4.64. The molecule has 3 N–H and O–H groups in total. The van der Waals surface area contributed by atoms with Crippen molar-refractivity contribution in [3.05, 3.63) is 0 Å². The lowest BCUT2D eigenvalue weighted by molar-refractivity contribution is -0.156. The molecule has 1 heterocycles. The van der Waals surface area contributed by atoms with E-state index < -0.39 is 18.5 Å². The van der Waals surface area contributed by atoms with Crippen LogP contribution in [0.2, 0.25) is 0 Å². The molecule has 1 rings (SSSR count). The largest absolute Gasteiger partial charge is 0.446 e. The van der Waals surface area contributed by atoms with Crippen molar-refractivity contribution in [1.82, 2.24) is 4.90 Å². The van der Waals surface area contributed by atoms with Gasteiger partial charge in [-0.25, -0.2) is 0 Å². The third-order valence-electron chi connectivity index (χ3n) is 2.81.